The molecule has 0 heterocycles. The highest BCUT2D eigenvalue weighted by molar-refractivity contribution is 7.99. The van der Waals surface area contributed by atoms with E-state index in [1.165, 1.54) is 50.1 Å². The van der Waals surface area contributed by atoms with Crippen molar-refractivity contribution in [3.05, 3.63) is 30.1 Å². The number of rotatable bonds is 11. The maximum Gasteiger partial charge on any atom is 0.243 e. The van der Waals surface area contributed by atoms with E-state index in [-0.39, 0.29) is 17.6 Å². The number of unbranched alkanes of at least 4 members (excludes halogenated alkanes) is 4. The highest BCUT2D eigenvalue weighted by Gasteiger charge is 2.19. The van der Waals surface area contributed by atoms with Crippen molar-refractivity contribution in [1.82, 2.24) is 10.6 Å². The van der Waals surface area contributed by atoms with Crippen LogP contribution in [0.3, 0.4) is 0 Å². The molecule has 0 bridgehead atoms. The van der Waals surface area contributed by atoms with Gasteiger partial charge < -0.3 is 10.6 Å². The first-order chi connectivity index (χ1) is 11.5. The first-order valence-electron chi connectivity index (χ1n) is 8.46. The molecule has 0 aliphatic rings. The number of benzene rings is 1. The Kier molecular flexibility index (Phi) is 10.2. The zero-order valence-corrected chi connectivity index (χ0v) is 15.3. The van der Waals surface area contributed by atoms with Crippen LogP contribution in [0.1, 0.15) is 46.0 Å². The Bertz CT molecular complexity index is 508. The summed E-state index contributed by atoms with van der Waals surface area (Å²) in [7, 11) is 0. The van der Waals surface area contributed by atoms with Gasteiger partial charge in [0, 0.05) is 24.1 Å². The number of hydrogen-bond acceptors (Lipinski definition) is 3. The van der Waals surface area contributed by atoms with Gasteiger partial charge in [0.1, 0.15) is 11.9 Å². The molecule has 24 heavy (non-hydrogen) atoms. The molecule has 1 rings (SSSR count). The third-order valence-corrected chi connectivity index (χ3v) is 4.61. The van der Waals surface area contributed by atoms with E-state index >= 15 is 0 Å². The number of carbonyl (C=O) groups excluding carboxylic acids is 2. The summed E-state index contributed by atoms with van der Waals surface area (Å²) < 4.78 is 12.9. The highest BCUT2D eigenvalue weighted by atomic mass is 32.2. The van der Waals surface area contributed by atoms with Crippen LogP contribution in [-0.2, 0) is 9.59 Å². The number of hydrogen-bond donors (Lipinski definition) is 2. The average molecular weight is 354 g/mol. The minimum absolute atomic E-state index is 0.171. The normalized spacial score (nSPS) is 11.8. The van der Waals surface area contributed by atoms with Crippen LogP contribution in [0, 0.1) is 5.82 Å². The van der Waals surface area contributed by atoms with Gasteiger partial charge in [0.05, 0.1) is 0 Å². The molecule has 1 unspecified atom stereocenters. The molecule has 0 radical (unpaired) electrons. The molecule has 1 aromatic rings. The van der Waals surface area contributed by atoms with Crippen LogP contribution in [0.2, 0.25) is 0 Å². The number of thioether (sulfide) groups is 1. The van der Waals surface area contributed by atoms with Crippen LogP contribution in [0.4, 0.5) is 4.39 Å². The van der Waals surface area contributed by atoms with Gasteiger partial charge in [-0.05, 0) is 30.7 Å². The first kappa shape index (κ1) is 20.5. The lowest BCUT2D eigenvalue weighted by atomic mass is 10.1. The summed E-state index contributed by atoms with van der Waals surface area (Å²) in [6, 6.07) is 5.50. The van der Waals surface area contributed by atoms with Crippen LogP contribution < -0.4 is 10.6 Å². The van der Waals surface area contributed by atoms with E-state index in [4.69, 9.17) is 0 Å². The van der Waals surface area contributed by atoms with Crippen molar-refractivity contribution < 1.29 is 14.0 Å². The van der Waals surface area contributed by atoms with E-state index in [1.54, 1.807) is 12.1 Å². The van der Waals surface area contributed by atoms with E-state index < -0.39 is 6.04 Å². The van der Waals surface area contributed by atoms with Gasteiger partial charge in [0.2, 0.25) is 11.8 Å². The third-order valence-electron chi connectivity index (χ3n) is 3.50. The van der Waals surface area contributed by atoms with Gasteiger partial charge in [-0.25, -0.2) is 4.39 Å². The Balaban J connectivity index is 2.40. The van der Waals surface area contributed by atoms with Gasteiger partial charge >= 0.3 is 0 Å². The van der Waals surface area contributed by atoms with Crippen molar-refractivity contribution >= 4 is 23.6 Å². The van der Waals surface area contributed by atoms with Crippen LogP contribution in [0.15, 0.2) is 29.2 Å². The Morgan fingerprint density at radius 1 is 1.12 bits per heavy atom. The van der Waals surface area contributed by atoms with Gasteiger partial charge in [0.25, 0.3) is 0 Å². The molecule has 0 saturated heterocycles. The lowest BCUT2D eigenvalue weighted by Crippen LogP contribution is -2.47. The number of nitrogens with one attached hydrogen (secondary N) is 2. The fourth-order valence-electron chi connectivity index (χ4n) is 2.20. The predicted octanol–water partition coefficient (Wildman–Crippen LogP) is 3.51. The van der Waals surface area contributed by atoms with E-state index in [0.717, 1.165) is 17.7 Å². The smallest absolute Gasteiger partial charge is 0.243 e. The van der Waals surface area contributed by atoms with Crippen molar-refractivity contribution in [2.45, 2.75) is 56.9 Å². The summed E-state index contributed by atoms with van der Waals surface area (Å²) in [5.74, 6) is -0.293. The minimum Gasteiger partial charge on any atom is -0.354 e. The SMILES string of the molecule is CCCCCCCNC(=O)C(CSc1ccc(F)cc1)NC(C)=O. The maximum absolute atomic E-state index is 12.9. The average Bonchev–Trinajstić information content (AvgIpc) is 2.55. The number of carbonyl (C=O) groups is 2. The Hall–Kier alpha value is -1.56. The summed E-state index contributed by atoms with van der Waals surface area (Å²) in [6.07, 6.45) is 5.64. The second-order valence-electron chi connectivity index (χ2n) is 5.72. The first-order valence-corrected chi connectivity index (χ1v) is 9.44. The van der Waals surface area contributed by atoms with E-state index in [9.17, 15) is 14.0 Å². The molecule has 1 atom stereocenters. The summed E-state index contributed by atoms with van der Waals surface area (Å²) in [5.41, 5.74) is 0. The van der Waals surface area contributed by atoms with Crippen molar-refractivity contribution in [2.75, 3.05) is 12.3 Å². The van der Waals surface area contributed by atoms with E-state index in [2.05, 4.69) is 17.6 Å². The van der Waals surface area contributed by atoms with Gasteiger partial charge in [0.15, 0.2) is 0 Å². The molecule has 2 amide bonds. The molecule has 0 saturated carbocycles. The van der Waals surface area contributed by atoms with Gasteiger partial charge in [-0.2, -0.15) is 0 Å². The molecule has 6 heteroatoms. The predicted molar refractivity (Wildman–Crippen MR) is 96.5 cm³/mol. The summed E-state index contributed by atoms with van der Waals surface area (Å²) in [5, 5.41) is 5.56. The van der Waals surface area contributed by atoms with Gasteiger partial charge in [-0.3, -0.25) is 9.59 Å². The Morgan fingerprint density at radius 2 is 1.79 bits per heavy atom. The standard InChI is InChI=1S/C18H27FN2O2S/c1-3-4-5-6-7-12-20-18(23)17(21-14(2)22)13-24-16-10-8-15(19)9-11-16/h8-11,17H,3-7,12-13H2,1-2H3,(H,20,23)(H,21,22). The third kappa shape index (κ3) is 8.91. The molecule has 4 nitrogen and oxygen atoms in total. The zero-order chi connectivity index (χ0) is 17.8. The number of halogens is 1. The fourth-order valence-corrected chi connectivity index (χ4v) is 3.12. The fraction of sp³-hybridized carbons (Fsp3) is 0.556. The van der Waals surface area contributed by atoms with E-state index in [1.807, 2.05) is 0 Å². The van der Waals surface area contributed by atoms with E-state index in [0.29, 0.717) is 12.3 Å². The molecule has 1 aromatic carbocycles. The minimum atomic E-state index is -0.590. The Morgan fingerprint density at radius 3 is 2.42 bits per heavy atom. The molecular weight excluding hydrogens is 327 g/mol. The molecule has 2 N–H and O–H groups in total. The summed E-state index contributed by atoms with van der Waals surface area (Å²) >= 11 is 1.42. The molecule has 0 aromatic heterocycles. The quantitative estimate of drug-likeness (QED) is 0.472. The lowest BCUT2D eigenvalue weighted by Gasteiger charge is -2.17. The molecular formula is C18H27FN2O2S. The van der Waals surface area contributed by atoms with Gasteiger partial charge in [-0.15, -0.1) is 11.8 Å². The molecule has 134 valence electrons. The maximum atomic E-state index is 12.9. The molecule has 0 spiro atoms. The van der Waals surface area contributed by atoms with Crippen LogP contribution in [-0.4, -0.2) is 30.2 Å². The molecule has 0 fully saturated rings. The van der Waals surface area contributed by atoms with Crippen molar-refractivity contribution in [1.29, 1.82) is 0 Å². The van der Waals surface area contributed by atoms with Gasteiger partial charge in [-0.1, -0.05) is 32.6 Å². The second kappa shape index (κ2) is 11.9. The molecule has 0 aliphatic heterocycles. The molecule has 0 aliphatic carbocycles. The van der Waals surface area contributed by atoms with Crippen LogP contribution in [0.5, 0.6) is 0 Å². The monoisotopic (exact) mass is 354 g/mol. The lowest BCUT2D eigenvalue weighted by molar-refractivity contribution is -0.127. The van der Waals surface area contributed by atoms with Crippen molar-refractivity contribution in [3.63, 3.8) is 0 Å². The van der Waals surface area contributed by atoms with Crippen molar-refractivity contribution in [3.8, 4) is 0 Å². The topological polar surface area (TPSA) is 58.2 Å². The Labute approximate surface area is 148 Å². The van der Waals surface area contributed by atoms with Crippen molar-refractivity contribution in [2.24, 2.45) is 0 Å². The zero-order valence-electron chi connectivity index (χ0n) is 14.4. The largest absolute Gasteiger partial charge is 0.354 e. The summed E-state index contributed by atoms with van der Waals surface area (Å²) in [6.45, 7) is 4.19. The van der Waals surface area contributed by atoms with Crippen LogP contribution in [0.25, 0.3) is 0 Å². The number of amides is 2. The summed E-state index contributed by atoms with van der Waals surface area (Å²) in [4.78, 5) is 24.4. The second-order valence-corrected chi connectivity index (χ2v) is 6.82. The van der Waals surface area contributed by atoms with Crippen LogP contribution >= 0.6 is 11.8 Å². The highest BCUT2D eigenvalue weighted by Crippen LogP contribution is 2.19.